The van der Waals surface area contributed by atoms with Gasteiger partial charge in [0.05, 0.1) is 12.8 Å². The zero-order valence-corrected chi connectivity index (χ0v) is 13.2. The summed E-state index contributed by atoms with van der Waals surface area (Å²) in [6, 6.07) is 2.72. The molecule has 0 aliphatic carbocycles. The van der Waals surface area contributed by atoms with Crippen LogP contribution in [0.2, 0.25) is 0 Å². The van der Waals surface area contributed by atoms with Gasteiger partial charge in [-0.3, -0.25) is 4.90 Å². The number of hydrogen-bond acceptors (Lipinski definition) is 4. The lowest BCUT2D eigenvalue weighted by molar-refractivity contribution is 0.0405. The van der Waals surface area contributed by atoms with Crippen molar-refractivity contribution in [2.45, 2.75) is 58.3 Å². The van der Waals surface area contributed by atoms with Gasteiger partial charge in [-0.2, -0.15) is 0 Å². The normalized spacial score (nSPS) is 17.9. The summed E-state index contributed by atoms with van der Waals surface area (Å²) in [5.74, 6) is 1.05. The molecule has 0 radical (unpaired) electrons. The van der Waals surface area contributed by atoms with E-state index < -0.39 is 0 Å². The van der Waals surface area contributed by atoms with E-state index in [4.69, 9.17) is 9.15 Å². The Morgan fingerprint density at radius 1 is 1.30 bits per heavy atom. The molecule has 1 aliphatic heterocycles. The van der Waals surface area contributed by atoms with Gasteiger partial charge in [0.1, 0.15) is 5.76 Å². The number of ether oxygens (including phenoxy) is 1. The van der Waals surface area contributed by atoms with Crippen molar-refractivity contribution in [3.05, 3.63) is 23.7 Å². The summed E-state index contributed by atoms with van der Waals surface area (Å²) < 4.78 is 11.1. The molecule has 4 nitrogen and oxygen atoms in total. The van der Waals surface area contributed by atoms with Crippen LogP contribution >= 0.6 is 0 Å². The van der Waals surface area contributed by atoms with Gasteiger partial charge in [0, 0.05) is 36.9 Å². The number of hydrogen-bond donors (Lipinski definition) is 1. The molecule has 0 saturated carbocycles. The molecule has 4 heteroatoms. The number of nitrogens with one attached hydrogen (secondary N) is 1. The summed E-state index contributed by atoms with van der Waals surface area (Å²) >= 11 is 0. The predicted octanol–water partition coefficient (Wildman–Crippen LogP) is 2.78. The maximum Gasteiger partial charge on any atom is 0.122 e. The summed E-state index contributed by atoms with van der Waals surface area (Å²) in [4.78, 5) is 2.42. The molecule has 1 N–H and O–H groups in total. The quantitative estimate of drug-likeness (QED) is 0.900. The van der Waals surface area contributed by atoms with E-state index in [0.29, 0.717) is 6.04 Å². The highest BCUT2D eigenvalue weighted by atomic mass is 16.5. The molecule has 1 aromatic rings. The maximum absolute atomic E-state index is 5.63. The minimum atomic E-state index is 0.108. The smallest absolute Gasteiger partial charge is 0.122 e. The first-order valence-electron chi connectivity index (χ1n) is 7.54. The van der Waals surface area contributed by atoms with Gasteiger partial charge in [-0.25, -0.2) is 0 Å². The van der Waals surface area contributed by atoms with Crippen LogP contribution in [-0.2, 0) is 17.8 Å². The zero-order chi connectivity index (χ0) is 14.6. The predicted molar refractivity (Wildman–Crippen MR) is 80.6 cm³/mol. The van der Waals surface area contributed by atoms with E-state index in [1.807, 2.05) is 0 Å². The van der Waals surface area contributed by atoms with E-state index >= 15 is 0 Å². The van der Waals surface area contributed by atoms with Gasteiger partial charge in [0.15, 0.2) is 0 Å². The molecule has 114 valence electrons. The van der Waals surface area contributed by atoms with Crippen LogP contribution in [0.3, 0.4) is 0 Å². The van der Waals surface area contributed by atoms with Crippen molar-refractivity contribution in [1.29, 1.82) is 0 Å². The molecule has 0 atom stereocenters. The molecule has 0 aromatic carbocycles. The monoisotopic (exact) mass is 280 g/mol. The summed E-state index contributed by atoms with van der Waals surface area (Å²) in [6.45, 7) is 10.0. The van der Waals surface area contributed by atoms with Crippen LogP contribution in [0.4, 0.5) is 0 Å². The molecule has 1 fully saturated rings. The number of furan rings is 1. The van der Waals surface area contributed by atoms with E-state index in [9.17, 15) is 0 Å². The van der Waals surface area contributed by atoms with Crippen molar-refractivity contribution in [3.8, 4) is 0 Å². The maximum atomic E-state index is 5.63. The Bertz CT molecular complexity index is 403. The highest BCUT2D eigenvalue weighted by Gasteiger charge is 2.20. The molecule has 1 aliphatic rings. The fraction of sp³-hybridized carbons (Fsp3) is 0.750. The molecule has 0 spiro atoms. The Morgan fingerprint density at radius 3 is 2.65 bits per heavy atom. The van der Waals surface area contributed by atoms with Crippen molar-refractivity contribution < 1.29 is 9.15 Å². The molecule has 1 aromatic heterocycles. The standard InChI is InChI=1S/C16H28N2O2/c1-16(2,3)17-11-15-13(5-10-20-15)12-18(4)14-6-8-19-9-7-14/h5,10,14,17H,6-9,11-12H2,1-4H3. The van der Waals surface area contributed by atoms with Crippen LogP contribution < -0.4 is 5.32 Å². The first-order chi connectivity index (χ1) is 9.46. The highest BCUT2D eigenvalue weighted by Crippen LogP contribution is 2.19. The van der Waals surface area contributed by atoms with E-state index in [-0.39, 0.29) is 5.54 Å². The fourth-order valence-electron chi connectivity index (χ4n) is 2.53. The molecular formula is C16H28N2O2. The molecular weight excluding hydrogens is 252 g/mol. The molecule has 1 saturated heterocycles. The first kappa shape index (κ1) is 15.5. The molecule has 2 heterocycles. The average Bonchev–Trinajstić information content (AvgIpc) is 2.84. The lowest BCUT2D eigenvalue weighted by Crippen LogP contribution is -2.37. The third-order valence-electron chi connectivity index (χ3n) is 3.85. The Labute approximate surface area is 122 Å². The van der Waals surface area contributed by atoms with Crippen LogP contribution in [-0.4, -0.2) is 36.7 Å². The summed E-state index contributed by atoms with van der Waals surface area (Å²) in [7, 11) is 2.20. The minimum absolute atomic E-state index is 0.108. The summed E-state index contributed by atoms with van der Waals surface area (Å²) in [6.07, 6.45) is 4.06. The Kier molecular flexibility index (Phi) is 5.24. The second-order valence-corrected chi connectivity index (χ2v) is 6.73. The molecule has 0 bridgehead atoms. The third kappa shape index (κ3) is 4.62. The Hall–Kier alpha value is -0.840. The van der Waals surface area contributed by atoms with Gasteiger partial charge in [-0.1, -0.05) is 0 Å². The van der Waals surface area contributed by atoms with Crippen LogP contribution in [0.5, 0.6) is 0 Å². The van der Waals surface area contributed by atoms with E-state index in [1.54, 1.807) is 6.26 Å². The second kappa shape index (κ2) is 6.74. The molecule has 0 unspecified atom stereocenters. The fourth-order valence-corrected chi connectivity index (χ4v) is 2.53. The lowest BCUT2D eigenvalue weighted by Gasteiger charge is -2.31. The number of nitrogens with zero attached hydrogens (tertiary/aromatic N) is 1. The lowest BCUT2D eigenvalue weighted by atomic mass is 10.1. The van der Waals surface area contributed by atoms with Gasteiger partial charge in [0.2, 0.25) is 0 Å². The van der Waals surface area contributed by atoms with E-state index in [0.717, 1.165) is 44.9 Å². The van der Waals surface area contributed by atoms with Crippen LogP contribution in [0, 0.1) is 0 Å². The van der Waals surface area contributed by atoms with Crippen molar-refractivity contribution in [2.24, 2.45) is 0 Å². The van der Waals surface area contributed by atoms with Gasteiger partial charge >= 0.3 is 0 Å². The van der Waals surface area contributed by atoms with Crippen molar-refractivity contribution in [2.75, 3.05) is 20.3 Å². The zero-order valence-electron chi connectivity index (χ0n) is 13.2. The summed E-state index contributed by atoms with van der Waals surface area (Å²) in [5, 5.41) is 3.49. The summed E-state index contributed by atoms with van der Waals surface area (Å²) in [5.41, 5.74) is 1.40. The molecule has 0 amide bonds. The minimum Gasteiger partial charge on any atom is -0.468 e. The first-order valence-corrected chi connectivity index (χ1v) is 7.54. The topological polar surface area (TPSA) is 37.6 Å². The SMILES string of the molecule is CN(Cc1ccoc1CNC(C)(C)C)C1CCOCC1. The molecule has 20 heavy (non-hydrogen) atoms. The third-order valence-corrected chi connectivity index (χ3v) is 3.85. The van der Waals surface area contributed by atoms with Gasteiger partial charge in [0.25, 0.3) is 0 Å². The average molecular weight is 280 g/mol. The second-order valence-electron chi connectivity index (χ2n) is 6.73. The van der Waals surface area contributed by atoms with E-state index in [1.165, 1.54) is 5.56 Å². The largest absolute Gasteiger partial charge is 0.468 e. The van der Waals surface area contributed by atoms with Crippen LogP contribution in [0.15, 0.2) is 16.7 Å². The highest BCUT2D eigenvalue weighted by molar-refractivity contribution is 5.17. The van der Waals surface area contributed by atoms with Crippen LogP contribution in [0.25, 0.3) is 0 Å². The van der Waals surface area contributed by atoms with Gasteiger partial charge < -0.3 is 14.5 Å². The van der Waals surface area contributed by atoms with Crippen molar-refractivity contribution in [1.82, 2.24) is 10.2 Å². The Balaban J connectivity index is 1.90. The van der Waals surface area contributed by atoms with Gasteiger partial charge in [-0.15, -0.1) is 0 Å². The van der Waals surface area contributed by atoms with Gasteiger partial charge in [-0.05, 0) is 46.7 Å². The number of rotatable bonds is 5. The Morgan fingerprint density at radius 2 is 2.00 bits per heavy atom. The van der Waals surface area contributed by atoms with Crippen molar-refractivity contribution in [3.63, 3.8) is 0 Å². The van der Waals surface area contributed by atoms with Crippen molar-refractivity contribution >= 4 is 0 Å². The molecule has 2 rings (SSSR count). The van der Waals surface area contributed by atoms with E-state index in [2.05, 4.69) is 44.1 Å². The van der Waals surface area contributed by atoms with Crippen LogP contribution in [0.1, 0.15) is 44.9 Å².